The molecule has 12 heavy (non-hydrogen) atoms. The van der Waals surface area contributed by atoms with Gasteiger partial charge in [-0.15, -0.1) is 23.5 Å². The molecule has 2 N–H and O–H groups in total. The van der Waals surface area contributed by atoms with E-state index in [0.29, 0.717) is 10.7 Å². The molecule has 0 aromatic rings. The fourth-order valence-corrected chi connectivity index (χ4v) is 4.18. The number of hydrogen-bond donors (Lipinski definition) is 2. The number of rotatable bonds is 1. The van der Waals surface area contributed by atoms with Gasteiger partial charge in [-0.05, 0) is 37.4 Å². The first kappa shape index (κ1) is 9.19. The predicted octanol–water partition coefficient (Wildman–Crippen LogP) is 1.09. The summed E-state index contributed by atoms with van der Waals surface area (Å²) in [4.78, 5) is 0. The highest BCUT2D eigenvalue weighted by Gasteiger charge is 2.25. The summed E-state index contributed by atoms with van der Waals surface area (Å²) >= 11 is 4.15. The van der Waals surface area contributed by atoms with Crippen LogP contribution in [0.15, 0.2) is 0 Å². The molecule has 0 radical (unpaired) electrons. The van der Waals surface area contributed by atoms with E-state index >= 15 is 0 Å². The van der Waals surface area contributed by atoms with Crippen molar-refractivity contribution in [3.8, 4) is 0 Å². The van der Waals surface area contributed by atoms with Crippen LogP contribution in [0.4, 0.5) is 0 Å². The standard InChI is InChI=1S/C8H16N2S2/c1-3-9-7(11-5-1)8-10-4-2-6-12-8/h7-10H,1-6H2. The Balaban J connectivity index is 1.80. The summed E-state index contributed by atoms with van der Waals surface area (Å²) in [5, 5.41) is 8.45. The monoisotopic (exact) mass is 204 g/mol. The van der Waals surface area contributed by atoms with E-state index in [4.69, 9.17) is 0 Å². The van der Waals surface area contributed by atoms with Crippen molar-refractivity contribution in [2.24, 2.45) is 0 Å². The van der Waals surface area contributed by atoms with Crippen LogP contribution in [0.25, 0.3) is 0 Å². The Morgan fingerprint density at radius 1 is 0.833 bits per heavy atom. The van der Waals surface area contributed by atoms with Crippen LogP contribution in [-0.2, 0) is 0 Å². The Hall–Kier alpha value is 0.620. The van der Waals surface area contributed by atoms with Crippen LogP contribution in [0.1, 0.15) is 12.8 Å². The molecule has 0 aromatic heterocycles. The number of thioether (sulfide) groups is 2. The predicted molar refractivity (Wildman–Crippen MR) is 57.7 cm³/mol. The van der Waals surface area contributed by atoms with Crippen molar-refractivity contribution in [1.29, 1.82) is 0 Å². The summed E-state index contributed by atoms with van der Waals surface area (Å²) in [6.07, 6.45) is 2.66. The van der Waals surface area contributed by atoms with Gasteiger partial charge in [-0.2, -0.15) is 0 Å². The summed E-state index contributed by atoms with van der Waals surface area (Å²) in [7, 11) is 0. The van der Waals surface area contributed by atoms with E-state index < -0.39 is 0 Å². The van der Waals surface area contributed by atoms with Crippen molar-refractivity contribution in [2.75, 3.05) is 24.6 Å². The molecule has 4 heteroatoms. The maximum Gasteiger partial charge on any atom is 0.0782 e. The first-order valence-electron chi connectivity index (χ1n) is 4.67. The molecule has 2 unspecified atom stereocenters. The van der Waals surface area contributed by atoms with E-state index in [0.717, 1.165) is 0 Å². The maximum absolute atomic E-state index is 3.57. The third-order valence-corrected chi connectivity index (χ3v) is 5.02. The Kier molecular flexibility index (Phi) is 3.63. The fourth-order valence-electron chi connectivity index (χ4n) is 1.56. The highest BCUT2D eigenvalue weighted by atomic mass is 32.2. The topological polar surface area (TPSA) is 24.1 Å². The van der Waals surface area contributed by atoms with Crippen molar-refractivity contribution in [3.05, 3.63) is 0 Å². The average molecular weight is 204 g/mol. The van der Waals surface area contributed by atoms with Crippen LogP contribution in [-0.4, -0.2) is 35.3 Å². The van der Waals surface area contributed by atoms with Gasteiger partial charge in [0.05, 0.1) is 10.7 Å². The Bertz CT molecular complexity index is 115. The minimum atomic E-state index is 0.657. The van der Waals surface area contributed by atoms with Crippen LogP contribution in [0.2, 0.25) is 0 Å². The Morgan fingerprint density at radius 3 is 1.67 bits per heavy atom. The number of hydrogen-bond acceptors (Lipinski definition) is 4. The molecule has 0 bridgehead atoms. The third-order valence-electron chi connectivity index (χ3n) is 2.20. The lowest BCUT2D eigenvalue weighted by Crippen LogP contribution is -2.48. The molecule has 0 spiro atoms. The van der Waals surface area contributed by atoms with Gasteiger partial charge >= 0.3 is 0 Å². The van der Waals surface area contributed by atoms with Gasteiger partial charge in [0.15, 0.2) is 0 Å². The molecule has 0 aliphatic carbocycles. The zero-order chi connectivity index (χ0) is 8.23. The lowest BCUT2D eigenvalue weighted by atomic mass is 10.4. The summed E-state index contributed by atoms with van der Waals surface area (Å²) in [6.45, 7) is 2.41. The SMILES string of the molecule is C1CNC(C2NCCCS2)SC1. The fraction of sp³-hybridized carbons (Fsp3) is 1.00. The Labute approximate surface area is 82.6 Å². The highest BCUT2D eigenvalue weighted by molar-refractivity contribution is 8.03. The minimum Gasteiger partial charge on any atom is -0.303 e. The summed E-state index contributed by atoms with van der Waals surface area (Å²) in [6, 6.07) is 0. The minimum absolute atomic E-state index is 0.657. The van der Waals surface area contributed by atoms with Gasteiger partial charge in [0.1, 0.15) is 0 Å². The van der Waals surface area contributed by atoms with E-state index in [1.54, 1.807) is 0 Å². The second kappa shape index (κ2) is 4.74. The van der Waals surface area contributed by atoms with Crippen LogP contribution < -0.4 is 10.6 Å². The molecule has 0 aromatic carbocycles. The van der Waals surface area contributed by atoms with Crippen molar-refractivity contribution >= 4 is 23.5 Å². The first-order chi connectivity index (χ1) is 5.97. The van der Waals surface area contributed by atoms with E-state index in [9.17, 15) is 0 Å². The van der Waals surface area contributed by atoms with Crippen LogP contribution in [0.5, 0.6) is 0 Å². The van der Waals surface area contributed by atoms with Crippen LogP contribution >= 0.6 is 23.5 Å². The molecule has 2 atom stereocenters. The van der Waals surface area contributed by atoms with E-state index in [1.807, 2.05) is 0 Å². The largest absolute Gasteiger partial charge is 0.303 e. The van der Waals surface area contributed by atoms with E-state index in [2.05, 4.69) is 34.2 Å². The quantitative estimate of drug-likeness (QED) is 0.668. The molecular weight excluding hydrogens is 188 g/mol. The molecule has 2 saturated heterocycles. The first-order valence-corrected chi connectivity index (χ1v) is 6.76. The molecule has 2 fully saturated rings. The molecule has 2 aliphatic heterocycles. The van der Waals surface area contributed by atoms with E-state index in [-0.39, 0.29) is 0 Å². The van der Waals surface area contributed by atoms with Crippen molar-refractivity contribution in [1.82, 2.24) is 10.6 Å². The molecule has 0 amide bonds. The van der Waals surface area contributed by atoms with Gasteiger partial charge in [0.2, 0.25) is 0 Å². The molecule has 0 saturated carbocycles. The zero-order valence-corrected chi connectivity index (χ0v) is 8.85. The second-order valence-electron chi connectivity index (χ2n) is 3.20. The molecule has 2 rings (SSSR count). The molecule has 2 aliphatic rings. The molecular formula is C8H16N2S2. The zero-order valence-electron chi connectivity index (χ0n) is 7.21. The van der Waals surface area contributed by atoms with Crippen molar-refractivity contribution in [3.63, 3.8) is 0 Å². The third kappa shape index (κ3) is 2.31. The second-order valence-corrected chi connectivity index (χ2v) is 5.70. The normalized spacial score (nSPS) is 38.0. The summed E-state index contributed by atoms with van der Waals surface area (Å²) in [5.41, 5.74) is 0. The van der Waals surface area contributed by atoms with Crippen molar-refractivity contribution < 1.29 is 0 Å². The molecule has 2 heterocycles. The maximum atomic E-state index is 3.57. The Morgan fingerprint density at radius 2 is 1.33 bits per heavy atom. The van der Waals surface area contributed by atoms with Gasteiger partial charge in [-0.1, -0.05) is 0 Å². The van der Waals surface area contributed by atoms with Crippen LogP contribution in [0, 0.1) is 0 Å². The van der Waals surface area contributed by atoms with Gasteiger partial charge in [-0.3, -0.25) is 0 Å². The van der Waals surface area contributed by atoms with E-state index in [1.165, 1.54) is 37.4 Å². The van der Waals surface area contributed by atoms with Gasteiger partial charge in [-0.25, -0.2) is 0 Å². The highest BCUT2D eigenvalue weighted by Crippen LogP contribution is 2.26. The lowest BCUT2D eigenvalue weighted by Gasteiger charge is -2.33. The summed E-state index contributed by atoms with van der Waals surface area (Å²) < 4.78 is 0. The van der Waals surface area contributed by atoms with Gasteiger partial charge in [0.25, 0.3) is 0 Å². The van der Waals surface area contributed by atoms with Gasteiger partial charge in [0, 0.05) is 0 Å². The lowest BCUT2D eigenvalue weighted by molar-refractivity contribution is 0.526. The number of nitrogens with one attached hydrogen (secondary N) is 2. The molecule has 70 valence electrons. The smallest absolute Gasteiger partial charge is 0.0782 e. The van der Waals surface area contributed by atoms with Crippen LogP contribution in [0.3, 0.4) is 0 Å². The summed E-state index contributed by atoms with van der Waals surface area (Å²) in [5.74, 6) is 2.66. The molecule has 2 nitrogen and oxygen atoms in total. The van der Waals surface area contributed by atoms with Crippen molar-refractivity contribution in [2.45, 2.75) is 23.6 Å². The van der Waals surface area contributed by atoms with Gasteiger partial charge < -0.3 is 10.6 Å². The average Bonchev–Trinajstić information content (AvgIpc) is 2.21.